The second kappa shape index (κ2) is 8.54. The van der Waals surface area contributed by atoms with Gasteiger partial charge in [0.15, 0.2) is 5.75 Å². The van der Waals surface area contributed by atoms with Gasteiger partial charge in [0.05, 0.1) is 5.69 Å². The number of alkyl halides is 9. The average molecular weight is 576 g/mol. The molecule has 0 saturated heterocycles. The molecule has 0 heterocycles. The highest BCUT2D eigenvalue weighted by atomic mass is 79.9. The molecule has 1 N–H and O–H groups in total. The van der Waals surface area contributed by atoms with E-state index in [2.05, 4.69) is 20.7 Å². The molecule has 0 aromatic heterocycles. The Morgan fingerprint density at radius 2 is 1.36 bits per heavy atom. The average Bonchev–Trinajstić information content (AvgIpc) is 2.63. The number of ether oxygens (including phenoxy) is 1. The van der Waals surface area contributed by atoms with Crippen LogP contribution in [0.2, 0.25) is 0 Å². The molecule has 0 aliphatic carbocycles. The normalized spacial score (nSPS) is 13.7. The molecule has 2 aromatic rings. The fraction of sp³-hybridized carbons (Fsp3) is 0.294. The van der Waals surface area contributed by atoms with Gasteiger partial charge in [0, 0.05) is 17.1 Å². The predicted molar refractivity (Wildman–Crippen MR) is 98.9 cm³/mol. The third-order valence-electron chi connectivity index (χ3n) is 4.24. The Balaban J connectivity index is 2.52. The molecule has 0 bridgehead atoms. The first-order chi connectivity index (χ1) is 14.7. The summed E-state index contributed by atoms with van der Waals surface area (Å²) in [6.07, 6.45) is -17.6. The minimum absolute atomic E-state index is 0.0197. The maximum Gasteiger partial charge on any atom is 0.573 e. The van der Waals surface area contributed by atoms with Crippen LogP contribution in [0.25, 0.3) is 0 Å². The molecular formula is C17H11BrF9NO4S. The molecule has 16 heteroatoms. The maximum atomic E-state index is 13.0. The van der Waals surface area contributed by atoms with Gasteiger partial charge >= 0.3 is 18.7 Å². The lowest BCUT2D eigenvalue weighted by Gasteiger charge is -2.33. The van der Waals surface area contributed by atoms with E-state index < -0.39 is 56.2 Å². The van der Waals surface area contributed by atoms with Crippen molar-refractivity contribution in [3.8, 4) is 5.75 Å². The van der Waals surface area contributed by atoms with Crippen molar-refractivity contribution in [2.45, 2.75) is 29.2 Å². The van der Waals surface area contributed by atoms with Crippen LogP contribution in [0.1, 0.15) is 5.56 Å². The highest BCUT2D eigenvalue weighted by molar-refractivity contribution is 9.10. The number of benzene rings is 2. The molecule has 0 fully saturated rings. The summed E-state index contributed by atoms with van der Waals surface area (Å²) in [5.41, 5.74) is -7.41. The van der Waals surface area contributed by atoms with E-state index in [4.69, 9.17) is 0 Å². The van der Waals surface area contributed by atoms with Crippen molar-refractivity contribution in [2.75, 3.05) is 11.4 Å². The van der Waals surface area contributed by atoms with Crippen LogP contribution >= 0.6 is 15.9 Å². The van der Waals surface area contributed by atoms with Crippen LogP contribution in [-0.2, 0) is 15.6 Å². The van der Waals surface area contributed by atoms with E-state index in [0.29, 0.717) is 22.5 Å². The van der Waals surface area contributed by atoms with Gasteiger partial charge in [-0.2, -0.15) is 26.3 Å². The molecule has 2 aromatic carbocycles. The molecule has 5 nitrogen and oxygen atoms in total. The third-order valence-corrected chi connectivity index (χ3v) is 6.56. The Labute approximate surface area is 188 Å². The summed E-state index contributed by atoms with van der Waals surface area (Å²) in [4.78, 5) is -0.989. The largest absolute Gasteiger partial charge is 0.573 e. The van der Waals surface area contributed by atoms with Gasteiger partial charge in [-0.25, -0.2) is 8.42 Å². The van der Waals surface area contributed by atoms with E-state index in [9.17, 15) is 53.0 Å². The van der Waals surface area contributed by atoms with Crippen molar-refractivity contribution in [3.63, 3.8) is 0 Å². The van der Waals surface area contributed by atoms with E-state index in [1.165, 1.54) is 0 Å². The second-order valence-corrected chi connectivity index (χ2v) is 9.22. The molecule has 0 saturated carbocycles. The number of rotatable bonds is 5. The summed E-state index contributed by atoms with van der Waals surface area (Å²) in [6, 6.07) is 3.92. The lowest BCUT2D eigenvalue weighted by molar-refractivity contribution is -0.376. The Hall–Kier alpha value is -2.20. The summed E-state index contributed by atoms with van der Waals surface area (Å²) in [5, 5.41) is 9.38. The number of halogens is 10. The fourth-order valence-corrected chi connectivity index (χ4v) is 4.22. The highest BCUT2D eigenvalue weighted by Crippen LogP contribution is 2.50. The van der Waals surface area contributed by atoms with E-state index in [0.717, 1.165) is 19.2 Å². The van der Waals surface area contributed by atoms with Gasteiger partial charge in [-0.15, -0.1) is 13.2 Å². The Morgan fingerprint density at radius 1 is 0.879 bits per heavy atom. The number of sulfonamides is 1. The van der Waals surface area contributed by atoms with Crippen LogP contribution in [0.3, 0.4) is 0 Å². The third kappa shape index (κ3) is 5.32. The quantitative estimate of drug-likeness (QED) is 0.479. The zero-order chi connectivity index (χ0) is 25.6. The molecule has 0 amide bonds. The molecule has 184 valence electrons. The fourth-order valence-electron chi connectivity index (χ4n) is 2.59. The van der Waals surface area contributed by atoms with Crippen LogP contribution < -0.4 is 9.04 Å². The smallest absolute Gasteiger partial charge is 0.404 e. The summed E-state index contributed by atoms with van der Waals surface area (Å²) >= 11 is 2.85. The molecule has 0 aliphatic heterocycles. The van der Waals surface area contributed by atoms with Gasteiger partial charge in [0.1, 0.15) is 4.90 Å². The van der Waals surface area contributed by atoms with Crippen molar-refractivity contribution in [1.29, 1.82) is 0 Å². The van der Waals surface area contributed by atoms with Crippen molar-refractivity contribution in [2.24, 2.45) is 0 Å². The first-order valence-electron chi connectivity index (χ1n) is 8.22. The minimum atomic E-state index is -6.16. The van der Waals surface area contributed by atoms with Crippen LogP contribution in [0.4, 0.5) is 45.2 Å². The van der Waals surface area contributed by atoms with Crippen molar-refractivity contribution >= 4 is 31.6 Å². The van der Waals surface area contributed by atoms with Gasteiger partial charge < -0.3 is 9.84 Å². The number of anilines is 1. The number of hydrogen-bond donors (Lipinski definition) is 1. The second-order valence-electron chi connectivity index (χ2n) is 6.36. The van der Waals surface area contributed by atoms with Crippen molar-refractivity contribution < 1.29 is 57.8 Å². The lowest BCUT2D eigenvalue weighted by Crippen LogP contribution is -2.53. The number of aliphatic hydroxyl groups is 1. The predicted octanol–water partition coefficient (Wildman–Crippen LogP) is 5.49. The topological polar surface area (TPSA) is 66.8 Å². The van der Waals surface area contributed by atoms with Gasteiger partial charge in [-0.05, 0) is 30.3 Å². The number of hydrogen-bond acceptors (Lipinski definition) is 4. The first kappa shape index (κ1) is 27.0. The van der Waals surface area contributed by atoms with Gasteiger partial charge in [0.2, 0.25) is 0 Å². The van der Waals surface area contributed by atoms with E-state index in [1.54, 1.807) is 0 Å². The van der Waals surface area contributed by atoms with Gasteiger partial charge in [0.25, 0.3) is 15.6 Å². The van der Waals surface area contributed by atoms with Gasteiger partial charge in [-0.1, -0.05) is 28.1 Å². The SMILES string of the molecule is CN(c1ccc(C(O)(C(F)(F)F)C(F)(F)F)cc1)S(=O)(=O)c1ccc(Br)cc1OC(F)(F)F. The molecule has 0 radical (unpaired) electrons. The first-order valence-corrected chi connectivity index (χ1v) is 10.5. The van der Waals surface area contributed by atoms with Crippen LogP contribution in [0, 0.1) is 0 Å². The molecule has 0 aliphatic rings. The van der Waals surface area contributed by atoms with Gasteiger partial charge in [-0.3, -0.25) is 4.31 Å². The molecule has 33 heavy (non-hydrogen) atoms. The number of nitrogens with zero attached hydrogens (tertiary/aromatic N) is 1. The monoisotopic (exact) mass is 575 g/mol. The summed E-state index contributed by atoms with van der Waals surface area (Å²) in [5.74, 6) is -1.14. The van der Waals surface area contributed by atoms with Crippen molar-refractivity contribution in [3.05, 3.63) is 52.5 Å². The molecule has 0 unspecified atom stereocenters. The summed E-state index contributed by atoms with van der Waals surface area (Å²) in [6.45, 7) is 0. The zero-order valence-electron chi connectivity index (χ0n) is 15.8. The maximum absolute atomic E-state index is 13.0. The van der Waals surface area contributed by atoms with E-state index in [1.807, 2.05) is 0 Å². The zero-order valence-corrected chi connectivity index (χ0v) is 18.3. The van der Waals surface area contributed by atoms with Crippen molar-refractivity contribution in [1.82, 2.24) is 0 Å². The Morgan fingerprint density at radius 3 is 1.79 bits per heavy atom. The minimum Gasteiger partial charge on any atom is -0.404 e. The standard InChI is InChI=1S/C17H11BrF9NO4S/c1-28(33(30,31)13-7-4-10(18)8-12(13)32-17(25,26)27)11-5-2-9(3-6-11)14(29,15(19,20)21)16(22,23)24/h2-8,29H,1H3. The molecule has 2 rings (SSSR count). The highest BCUT2D eigenvalue weighted by Gasteiger charge is 2.71. The van der Waals surface area contributed by atoms with Crippen LogP contribution in [0.5, 0.6) is 5.75 Å². The molecule has 0 spiro atoms. The summed E-state index contributed by atoms with van der Waals surface area (Å²) < 4.78 is 146. The van der Waals surface area contributed by atoms with Crippen LogP contribution in [-0.4, -0.2) is 39.3 Å². The molecular weight excluding hydrogens is 565 g/mol. The Kier molecular flexibility index (Phi) is 7.00. The lowest BCUT2D eigenvalue weighted by atomic mass is 9.92. The van der Waals surface area contributed by atoms with Crippen LogP contribution in [0.15, 0.2) is 51.8 Å². The van der Waals surface area contributed by atoms with E-state index in [-0.39, 0.29) is 16.6 Å². The Bertz CT molecular complexity index is 1100. The molecule has 0 atom stereocenters. The summed E-state index contributed by atoms with van der Waals surface area (Å²) in [7, 11) is -4.04. The van der Waals surface area contributed by atoms with E-state index >= 15 is 0 Å².